The van der Waals surface area contributed by atoms with Gasteiger partial charge in [0.1, 0.15) is 41.3 Å². The maximum atomic E-state index is 13.2. The number of hydrogen-bond donors (Lipinski definition) is 1. The summed E-state index contributed by atoms with van der Waals surface area (Å²) in [6, 6.07) is 25.6. The molecule has 11 heteroatoms. The number of benzene rings is 4. The minimum Gasteiger partial charge on any atom is -0.489 e. The molecular formula is C31H22FN3O7. The van der Waals surface area contributed by atoms with Crippen molar-refractivity contribution in [1.29, 1.82) is 5.26 Å². The van der Waals surface area contributed by atoms with Crippen LogP contribution in [-0.4, -0.2) is 17.5 Å². The van der Waals surface area contributed by atoms with Gasteiger partial charge < -0.3 is 24.7 Å². The first-order chi connectivity index (χ1) is 20.3. The van der Waals surface area contributed by atoms with E-state index in [4.69, 9.17) is 24.7 Å². The lowest BCUT2D eigenvalue weighted by molar-refractivity contribution is -0.385. The Bertz CT molecular complexity index is 1730. The number of allylic oxidation sites excluding steroid dienone is 1. The van der Waals surface area contributed by atoms with E-state index in [-0.39, 0.29) is 46.8 Å². The summed E-state index contributed by atoms with van der Waals surface area (Å²) in [4.78, 5) is 23.0. The minimum absolute atomic E-state index is 0.0677. The Morgan fingerprint density at radius 1 is 1.00 bits per heavy atom. The number of rotatable bonds is 9. The summed E-state index contributed by atoms with van der Waals surface area (Å²) >= 11 is 0. The van der Waals surface area contributed by atoms with Crippen LogP contribution in [0.25, 0.3) is 0 Å². The monoisotopic (exact) mass is 567 g/mol. The van der Waals surface area contributed by atoms with Crippen LogP contribution >= 0.6 is 0 Å². The Morgan fingerprint density at radius 3 is 2.55 bits per heavy atom. The first-order valence-electron chi connectivity index (χ1n) is 12.6. The summed E-state index contributed by atoms with van der Waals surface area (Å²) in [7, 11) is 0. The van der Waals surface area contributed by atoms with E-state index in [0.717, 1.165) is 5.56 Å². The van der Waals surface area contributed by atoms with E-state index in [1.54, 1.807) is 42.5 Å². The van der Waals surface area contributed by atoms with Gasteiger partial charge in [0, 0.05) is 17.7 Å². The highest BCUT2D eigenvalue weighted by molar-refractivity contribution is 5.74. The van der Waals surface area contributed by atoms with Gasteiger partial charge in [0.15, 0.2) is 12.4 Å². The number of nitrogens with two attached hydrogens (primary N) is 1. The molecule has 5 rings (SSSR count). The van der Waals surface area contributed by atoms with Crippen molar-refractivity contribution in [2.24, 2.45) is 5.73 Å². The van der Waals surface area contributed by atoms with Gasteiger partial charge in [-0.1, -0.05) is 42.5 Å². The van der Waals surface area contributed by atoms with Gasteiger partial charge in [0.05, 0.1) is 10.8 Å². The Balaban J connectivity index is 1.33. The highest BCUT2D eigenvalue weighted by atomic mass is 19.1. The number of carbonyl (C=O) groups excluding carboxylic acids is 1. The second kappa shape index (κ2) is 12.1. The van der Waals surface area contributed by atoms with Gasteiger partial charge in [-0.15, -0.1) is 0 Å². The normalized spacial score (nSPS) is 13.8. The molecule has 4 aromatic rings. The first kappa shape index (κ1) is 27.7. The summed E-state index contributed by atoms with van der Waals surface area (Å²) in [6.45, 7) is -0.357. The zero-order valence-electron chi connectivity index (χ0n) is 21.9. The van der Waals surface area contributed by atoms with Crippen LogP contribution in [0.2, 0.25) is 0 Å². The Morgan fingerprint density at radius 2 is 1.79 bits per heavy atom. The van der Waals surface area contributed by atoms with Crippen molar-refractivity contribution in [2.75, 3.05) is 6.61 Å². The number of nitro benzene ring substituents is 1. The zero-order chi connectivity index (χ0) is 29.6. The fraction of sp³-hybridized carbons (Fsp3) is 0.0968. The number of fused-ring (bicyclic) bond motifs is 1. The number of halogens is 1. The number of ether oxygens (including phenoxy) is 4. The molecule has 0 saturated heterocycles. The molecule has 0 amide bonds. The van der Waals surface area contributed by atoms with Crippen LogP contribution in [-0.2, 0) is 11.4 Å². The molecule has 42 heavy (non-hydrogen) atoms. The molecule has 2 N–H and O–H groups in total. The molecule has 0 aromatic heterocycles. The molecule has 1 aliphatic rings. The predicted octanol–water partition coefficient (Wildman–Crippen LogP) is 5.52. The van der Waals surface area contributed by atoms with Crippen LogP contribution in [0.3, 0.4) is 0 Å². The smallest absolute Gasteiger partial charge is 0.349 e. The molecule has 1 atom stereocenters. The van der Waals surface area contributed by atoms with Gasteiger partial charge in [0.25, 0.3) is 0 Å². The molecule has 0 bridgehead atoms. The maximum Gasteiger partial charge on any atom is 0.349 e. The van der Waals surface area contributed by atoms with E-state index >= 15 is 0 Å². The average Bonchev–Trinajstić information content (AvgIpc) is 2.99. The maximum absolute atomic E-state index is 13.2. The summed E-state index contributed by atoms with van der Waals surface area (Å²) < 4.78 is 35.5. The van der Waals surface area contributed by atoms with E-state index in [0.29, 0.717) is 16.9 Å². The van der Waals surface area contributed by atoms with Crippen molar-refractivity contribution in [3.8, 4) is 29.1 Å². The van der Waals surface area contributed by atoms with Gasteiger partial charge in [-0.3, -0.25) is 10.1 Å². The van der Waals surface area contributed by atoms with Crippen molar-refractivity contribution in [2.45, 2.75) is 12.5 Å². The number of carbonyl (C=O) groups is 1. The van der Waals surface area contributed by atoms with Crippen LogP contribution in [0.15, 0.2) is 102 Å². The largest absolute Gasteiger partial charge is 0.489 e. The van der Waals surface area contributed by atoms with Crippen molar-refractivity contribution in [3.05, 3.63) is 135 Å². The fourth-order valence-electron chi connectivity index (χ4n) is 4.40. The van der Waals surface area contributed by atoms with Gasteiger partial charge in [-0.25, -0.2) is 9.18 Å². The SMILES string of the molecule is N#CC1=C(N)Oc2cc(OC(=O)COc3ccccc3[N+](=O)[O-])ccc2C1c1cccc(OCc2ccc(F)cc2)c1. The first-order valence-corrected chi connectivity index (χ1v) is 12.6. The molecular weight excluding hydrogens is 545 g/mol. The van der Waals surface area contributed by atoms with Crippen molar-refractivity contribution >= 4 is 11.7 Å². The molecule has 4 aromatic carbocycles. The minimum atomic E-state index is -0.798. The Labute approximate surface area is 239 Å². The third-order valence-electron chi connectivity index (χ3n) is 6.34. The number of nitrogens with zero attached hydrogens (tertiary/aromatic N) is 2. The molecule has 10 nitrogen and oxygen atoms in total. The van der Waals surface area contributed by atoms with Gasteiger partial charge in [-0.2, -0.15) is 5.26 Å². The van der Waals surface area contributed by atoms with Gasteiger partial charge in [-0.05, 0) is 47.5 Å². The number of nitriles is 1. The summed E-state index contributed by atoms with van der Waals surface area (Å²) in [5.74, 6) is -0.973. The third-order valence-corrected chi connectivity index (χ3v) is 6.34. The third kappa shape index (κ3) is 6.13. The van der Waals surface area contributed by atoms with Crippen LogP contribution in [0.5, 0.6) is 23.0 Å². The van der Waals surface area contributed by atoms with Crippen LogP contribution in [0.4, 0.5) is 10.1 Å². The molecule has 1 heterocycles. The Hall–Kier alpha value is -5.89. The van der Waals surface area contributed by atoms with Crippen LogP contribution < -0.4 is 24.7 Å². The molecule has 0 aliphatic carbocycles. The number of nitro groups is 1. The van der Waals surface area contributed by atoms with Gasteiger partial charge >= 0.3 is 11.7 Å². The average molecular weight is 568 g/mol. The highest BCUT2D eigenvalue weighted by Gasteiger charge is 2.31. The molecule has 0 spiro atoms. The predicted molar refractivity (Wildman–Crippen MR) is 147 cm³/mol. The molecule has 1 unspecified atom stereocenters. The van der Waals surface area contributed by atoms with Crippen LogP contribution in [0, 0.1) is 27.3 Å². The van der Waals surface area contributed by atoms with E-state index in [1.807, 2.05) is 6.07 Å². The molecule has 1 aliphatic heterocycles. The second-order valence-electron chi connectivity index (χ2n) is 9.10. The van der Waals surface area contributed by atoms with E-state index in [2.05, 4.69) is 6.07 Å². The lowest BCUT2D eigenvalue weighted by Crippen LogP contribution is -2.22. The zero-order valence-corrected chi connectivity index (χ0v) is 21.9. The molecule has 0 radical (unpaired) electrons. The van der Waals surface area contributed by atoms with Gasteiger partial charge in [0.2, 0.25) is 5.88 Å². The number of esters is 1. The quantitative estimate of drug-likeness (QED) is 0.120. The second-order valence-corrected chi connectivity index (χ2v) is 9.10. The van der Waals surface area contributed by atoms with E-state index < -0.39 is 23.4 Å². The van der Waals surface area contributed by atoms with Crippen molar-refractivity contribution in [3.63, 3.8) is 0 Å². The lowest BCUT2D eigenvalue weighted by Gasteiger charge is -2.27. The van der Waals surface area contributed by atoms with Crippen molar-refractivity contribution < 1.29 is 33.1 Å². The summed E-state index contributed by atoms with van der Waals surface area (Å²) in [6.07, 6.45) is 0. The topological polar surface area (TPSA) is 147 Å². The van der Waals surface area contributed by atoms with Crippen molar-refractivity contribution in [1.82, 2.24) is 0 Å². The molecule has 0 saturated carbocycles. The molecule has 210 valence electrons. The summed E-state index contributed by atoms with van der Waals surface area (Å²) in [5, 5.41) is 21.0. The van der Waals surface area contributed by atoms with Crippen LogP contribution in [0.1, 0.15) is 22.6 Å². The standard InChI is InChI=1S/C31H22FN3O7/c32-21-10-8-19(9-11-21)17-39-22-5-3-4-20(14-22)30-24-13-12-23(15-28(24)42-31(34)25(30)16-33)41-29(36)18-40-27-7-2-1-6-26(27)35(37)38/h1-15,30H,17-18,34H2. The highest BCUT2D eigenvalue weighted by Crippen LogP contribution is 2.44. The summed E-state index contributed by atoms with van der Waals surface area (Å²) in [5.41, 5.74) is 8.12. The number of para-hydroxylation sites is 2. The van der Waals surface area contributed by atoms with E-state index in [1.165, 1.54) is 42.5 Å². The Kier molecular flexibility index (Phi) is 7.97. The van der Waals surface area contributed by atoms with E-state index in [9.17, 15) is 24.6 Å². The number of hydrogen-bond acceptors (Lipinski definition) is 9. The fourth-order valence-corrected chi connectivity index (χ4v) is 4.40. The lowest BCUT2D eigenvalue weighted by atomic mass is 9.83. The molecule has 0 fully saturated rings.